The molecule has 0 amide bonds. The number of aryl methyl sites for hydroxylation is 2. The van der Waals surface area contributed by atoms with Crippen LogP contribution in [0.15, 0.2) is 40.8 Å². The van der Waals surface area contributed by atoms with Crippen molar-refractivity contribution in [2.24, 2.45) is 0 Å². The number of esters is 1. The first-order chi connectivity index (χ1) is 13.5. The van der Waals surface area contributed by atoms with Crippen molar-refractivity contribution in [3.05, 3.63) is 53.1 Å². The molecule has 146 valence electrons. The lowest BCUT2D eigenvalue weighted by Crippen LogP contribution is -2.26. The lowest BCUT2D eigenvalue weighted by Gasteiger charge is -2.18. The Morgan fingerprint density at radius 3 is 2.71 bits per heavy atom. The van der Waals surface area contributed by atoms with Crippen molar-refractivity contribution >= 4 is 17.1 Å². The van der Waals surface area contributed by atoms with Crippen molar-refractivity contribution in [3.8, 4) is 11.5 Å². The van der Waals surface area contributed by atoms with Crippen molar-refractivity contribution in [3.63, 3.8) is 0 Å². The molecule has 4 rings (SSSR count). The van der Waals surface area contributed by atoms with E-state index in [4.69, 9.17) is 9.15 Å². The van der Waals surface area contributed by atoms with Gasteiger partial charge in [0.25, 0.3) is 0 Å². The summed E-state index contributed by atoms with van der Waals surface area (Å²) in [6.07, 6.45) is 3.28. The van der Waals surface area contributed by atoms with Gasteiger partial charge in [-0.2, -0.15) is 0 Å². The number of likely N-dealkylation sites (tertiary alicyclic amines) is 1. The van der Waals surface area contributed by atoms with Crippen LogP contribution in [0.1, 0.15) is 40.7 Å². The predicted molar refractivity (Wildman–Crippen MR) is 109 cm³/mol. The molecule has 5 nitrogen and oxygen atoms in total. The highest BCUT2D eigenvalue weighted by Gasteiger charge is 2.21. The van der Waals surface area contributed by atoms with Crippen LogP contribution in [0.2, 0.25) is 0 Å². The standard InChI is InChI=1S/C23H26N2O3/c1-15-11-16(2)13-18(12-15)22-24-20-7-6-17(14-21(20)28-22)23(26)27-10-8-19-5-4-9-25(19)3/h6-7,11-14,19H,4-5,8-10H2,1-3H3. The Bertz CT molecular complexity index is 988. The molecule has 0 spiro atoms. The van der Waals surface area contributed by atoms with Gasteiger partial charge in [-0.25, -0.2) is 9.78 Å². The van der Waals surface area contributed by atoms with Gasteiger partial charge in [-0.3, -0.25) is 0 Å². The van der Waals surface area contributed by atoms with Crippen LogP contribution in [0.5, 0.6) is 0 Å². The molecule has 0 bridgehead atoms. The second-order valence-electron chi connectivity index (χ2n) is 7.78. The summed E-state index contributed by atoms with van der Waals surface area (Å²) in [5.74, 6) is 0.253. The molecule has 0 saturated carbocycles. The third-order valence-corrected chi connectivity index (χ3v) is 5.45. The van der Waals surface area contributed by atoms with Crippen molar-refractivity contribution < 1.29 is 13.9 Å². The van der Waals surface area contributed by atoms with Gasteiger partial charge in [0.1, 0.15) is 5.52 Å². The van der Waals surface area contributed by atoms with Crippen LogP contribution < -0.4 is 0 Å². The van der Waals surface area contributed by atoms with Gasteiger partial charge in [-0.15, -0.1) is 0 Å². The van der Waals surface area contributed by atoms with Gasteiger partial charge in [0.15, 0.2) is 5.58 Å². The fourth-order valence-electron chi connectivity index (χ4n) is 3.99. The fourth-order valence-corrected chi connectivity index (χ4v) is 3.99. The Morgan fingerprint density at radius 2 is 2.00 bits per heavy atom. The number of carbonyl (C=O) groups excluding carboxylic acids is 1. The summed E-state index contributed by atoms with van der Waals surface area (Å²) >= 11 is 0. The van der Waals surface area contributed by atoms with Gasteiger partial charge in [0.05, 0.1) is 12.2 Å². The van der Waals surface area contributed by atoms with Gasteiger partial charge in [0.2, 0.25) is 5.89 Å². The molecule has 2 heterocycles. The zero-order valence-corrected chi connectivity index (χ0v) is 16.7. The zero-order valence-electron chi connectivity index (χ0n) is 16.7. The third kappa shape index (κ3) is 3.94. The summed E-state index contributed by atoms with van der Waals surface area (Å²) in [4.78, 5) is 19.3. The van der Waals surface area contributed by atoms with E-state index in [0.717, 1.165) is 35.2 Å². The van der Waals surface area contributed by atoms with E-state index in [9.17, 15) is 4.79 Å². The second-order valence-corrected chi connectivity index (χ2v) is 7.78. The summed E-state index contributed by atoms with van der Waals surface area (Å²) < 4.78 is 11.4. The molecular weight excluding hydrogens is 352 g/mol. The van der Waals surface area contributed by atoms with E-state index in [0.29, 0.717) is 29.7 Å². The van der Waals surface area contributed by atoms with Crippen LogP contribution in [0.25, 0.3) is 22.6 Å². The molecule has 1 saturated heterocycles. The summed E-state index contributed by atoms with van der Waals surface area (Å²) in [5.41, 5.74) is 5.09. The molecule has 1 aromatic heterocycles. The Kier molecular flexibility index (Phi) is 5.18. The lowest BCUT2D eigenvalue weighted by atomic mass is 10.1. The van der Waals surface area contributed by atoms with Gasteiger partial charge in [-0.1, -0.05) is 17.2 Å². The molecule has 3 aromatic rings. The van der Waals surface area contributed by atoms with Crippen molar-refractivity contribution in [1.82, 2.24) is 9.88 Å². The number of hydrogen-bond acceptors (Lipinski definition) is 5. The van der Waals surface area contributed by atoms with E-state index in [1.54, 1.807) is 12.1 Å². The first-order valence-corrected chi connectivity index (χ1v) is 9.86. The lowest BCUT2D eigenvalue weighted by molar-refractivity contribution is 0.0476. The maximum atomic E-state index is 12.4. The minimum atomic E-state index is -0.313. The zero-order chi connectivity index (χ0) is 19.7. The van der Waals surface area contributed by atoms with E-state index in [1.807, 2.05) is 18.2 Å². The fraction of sp³-hybridized carbons (Fsp3) is 0.391. The molecule has 1 aliphatic heterocycles. The Labute approximate surface area is 165 Å². The van der Waals surface area contributed by atoms with Crippen molar-refractivity contribution in [2.45, 2.75) is 39.2 Å². The number of nitrogens with zero attached hydrogens (tertiary/aromatic N) is 2. The molecule has 1 atom stereocenters. The molecule has 0 aliphatic carbocycles. The highest BCUT2D eigenvalue weighted by Crippen LogP contribution is 2.27. The topological polar surface area (TPSA) is 55.6 Å². The summed E-state index contributed by atoms with van der Waals surface area (Å²) in [7, 11) is 2.13. The van der Waals surface area contributed by atoms with Crippen LogP contribution in [-0.2, 0) is 4.74 Å². The first kappa shape index (κ1) is 18.7. The average Bonchev–Trinajstić information content (AvgIpc) is 3.26. The minimum Gasteiger partial charge on any atom is -0.462 e. The molecule has 1 fully saturated rings. The second kappa shape index (κ2) is 7.76. The summed E-state index contributed by atoms with van der Waals surface area (Å²) in [6.45, 7) is 5.67. The van der Waals surface area contributed by atoms with Gasteiger partial charge < -0.3 is 14.1 Å². The SMILES string of the molecule is Cc1cc(C)cc(-c2nc3ccc(C(=O)OCCC4CCCN4C)cc3o2)c1. The van der Waals surface area contributed by atoms with E-state index in [-0.39, 0.29) is 5.97 Å². The number of benzene rings is 2. The molecule has 2 aromatic carbocycles. The van der Waals surface area contributed by atoms with Crippen LogP contribution in [0, 0.1) is 13.8 Å². The van der Waals surface area contributed by atoms with Crippen LogP contribution in [-0.4, -0.2) is 42.1 Å². The largest absolute Gasteiger partial charge is 0.462 e. The van der Waals surface area contributed by atoms with E-state index < -0.39 is 0 Å². The van der Waals surface area contributed by atoms with Crippen LogP contribution >= 0.6 is 0 Å². The van der Waals surface area contributed by atoms with E-state index in [1.165, 1.54) is 12.8 Å². The quantitative estimate of drug-likeness (QED) is 0.600. The number of carbonyl (C=O) groups is 1. The number of fused-ring (bicyclic) bond motifs is 1. The van der Waals surface area contributed by atoms with Gasteiger partial charge in [-0.05, 0) is 77.0 Å². The maximum Gasteiger partial charge on any atom is 0.338 e. The molecule has 5 heteroatoms. The Hall–Kier alpha value is -2.66. The molecule has 0 radical (unpaired) electrons. The average molecular weight is 378 g/mol. The van der Waals surface area contributed by atoms with Crippen molar-refractivity contribution in [2.75, 3.05) is 20.2 Å². The minimum absolute atomic E-state index is 0.313. The normalized spacial score (nSPS) is 17.3. The van der Waals surface area contributed by atoms with E-state index >= 15 is 0 Å². The van der Waals surface area contributed by atoms with Crippen molar-refractivity contribution in [1.29, 1.82) is 0 Å². The molecule has 0 N–H and O–H groups in total. The van der Waals surface area contributed by atoms with Gasteiger partial charge >= 0.3 is 5.97 Å². The molecule has 28 heavy (non-hydrogen) atoms. The Balaban J connectivity index is 1.47. The van der Waals surface area contributed by atoms with Crippen LogP contribution in [0.3, 0.4) is 0 Å². The smallest absolute Gasteiger partial charge is 0.338 e. The number of aromatic nitrogens is 1. The summed E-state index contributed by atoms with van der Waals surface area (Å²) in [6, 6.07) is 12.0. The number of rotatable bonds is 5. The number of ether oxygens (including phenoxy) is 1. The first-order valence-electron chi connectivity index (χ1n) is 9.86. The monoisotopic (exact) mass is 378 g/mol. The molecular formula is C23H26N2O3. The predicted octanol–water partition coefficient (Wildman–Crippen LogP) is 4.75. The number of hydrogen-bond donors (Lipinski definition) is 0. The molecule has 1 aliphatic rings. The third-order valence-electron chi connectivity index (χ3n) is 5.45. The Morgan fingerprint density at radius 1 is 1.21 bits per heavy atom. The number of oxazole rings is 1. The summed E-state index contributed by atoms with van der Waals surface area (Å²) in [5, 5.41) is 0. The van der Waals surface area contributed by atoms with Crippen LogP contribution in [0.4, 0.5) is 0 Å². The van der Waals surface area contributed by atoms with Gasteiger partial charge in [0, 0.05) is 11.6 Å². The van der Waals surface area contributed by atoms with E-state index in [2.05, 4.69) is 36.8 Å². The maximum absolute atomic E-state index is 12.4. The highest BCUT2D eigenvalue weighted by atomic mass is 16.5. The molecule has 1 unspecified atom stereocenters. The highest BCUT2D eigenvalue weighted by molar-refractivity contribution is 5.93.